The Kier molecular flexibility index (Phi) is 6.51. The van der Waals surface area contributed by atoms with Gasteiger partial charge in [0.15, 0.2) is 11.5 Å². The van der Waals surface area contributed by atoms with Gasteiger partial charge in [-0.1, -0.05) is 0 Å². The Labute approximate surface area is 171 Å². The van der Waals surface area contributed by atoms with Gasteiger partial charge in [-0.25, -0.2) is 0 Å². The topological polar surface area (TPSA) is 74.4 Å². The minimum atomic E-state index is -0.00619. The van der Waals surface area contributed by atoms with Gasteiger partial charge in [-0.15, -0.1) is 0 Å². The Morgan fingerprint density at radius 3 is 2.34 bits per heavy atom. The molecule has 8 nitrogen and oxygen atoms in total. The fourth-order valence-electron chi connectivity index (χ4n) is 4.03. The third-order valence-corrected chi connectivity index (χ3v) is 5.76. The Morgan fingerprint density at radius 1 is 0.897 bits per heavy atom. The zero-order valence-electron chi connectivity index (χ0n) is 16.9. The Balaban J connectivity index is 1.15. The molecule has 1 aromatic carbocycles. The van der Waals surface area contributed by atoms with Crippen molar-refractivity contribution in [3.8, 4) is 11.5 Å². The minimum absolute atomic E-state index is 0.00619. The van der Waals surface area contributed by atoms with Crippen LogP contribution in [0.3, 0.4) is 0 Å². The second kappa shape index (κ2) is 9.45. The summed E-state index contributed by atoms with van der Waals surface area (Å²) in [4.78, 5) is 31.1. The van der Waals surface area contributed by atoms with Crippen LogP contribution in [0.25, 0.3) is 0 Å². The van der Waals surface area contributed by atoms with E-state index in [-0.39, 0.29) is 11.8 Å². The number of nitrogens with zero attached hydrogens (tertiary/aromatic N) is 3. The third-order valence-electron chi connectivity index (χ3n) is 5.76. The summed E-state index contributed by atoms with van der Waals surface area (Å²) in [7, 11) is 0. The smallest absolute Gasteiger partial charge is 0.236 e. The van der Waals surface area contributed by atoms with E-state index in [9.17, 15) is 9.59 Å². The van der Waals surface area contributed by atoms with Crippen molar-refractivity contribution in [1.29, 1.82) is 0 Å². The fourth-order valence-corrected chi connectivity index (χ4v) is 4.03. The molecule has 2 saturated heterocycles. The number of carbonyl (C=O) groups is 2. The van der Waals surface area contributed by atoms with Crippen molar-refractivity contribution in [2.75, 3.05) is 70.9 Å². The number of hydrogen-bond donors (Lipinski definition) is 1. The maximum Gasteiger partial charge on any atom is 0.236 e. The average molecular weight is 402 g/mol. The molecule has 2 amide bonds. The lowest BCUT2D eigenvalue weighted by molar-refractivity contribution is -0.131. The van der Waals surface area contributed by atoms with Crippen LogP contribution in [0.5, 0.6) is 11.5 Å². The predicted molar refractivity (Wildman–Crippen MR) is 109 cm³/mol. The number of fused-ring (bicyclic) bond motifs is 1. The first-order chi connectivity index (χ1) is 14.2. The molecule has 0 aliphatic carbocycles. The highest BCUT2D eigenvalue weighted by molar-refractivity contribution is 5.91. The van der Waals surface area contributed by atoms with Gasteiger partial charge in [-0.2, -0.15) is 0 Å². The van der Waals surface area contributed by atoms with Gasteiger partial charge in [0.05, 0.1) is 6.54 Å². The molecule has 3 aliphatic rings. The van der Waals surface area contributed by atoms with E-state index in [4.69, 9.17) is 9.47 Å². The molecule has 29 heavy (non-hydrogen) atoms. The normalized spacial score (nSPS) is 19.9. The first kappa shape index (κ1) is 20.0. The van der Waals surface area contributed by atoms with Crippen LogP contribution < -0.4 is 14.8 Å². The molecule has 0 aromatic heterocycles. The highest BCUT2D eigenvalue weighted by Crippen LogP contribution is 2.32. The van der Waals surface area contributed by atoms with Crippen molar-refractivity contribution in [3.63, 3.8) is 0 Å². The first-order valence-corrected chi connectivity index (χ1v) is 10.6. The largest absolute Gasteiger partial charge is 0.486 e. The molecule has 0 unspecified atom stereocenters. The molecule has 0 radical (unpaired) electrons. The van der Waals surface area contributed by atoms with Gasteiger partial charge in [-0.05, 0) is 25.0 Å². The van der Waals surface area contributed by atoms with Crippen LogP contribution in [-0.2, 0) is 9.59 Å². The second-order valence-electron chi connectivity index (χ2n) is 7.86. The molecule has 3 aliphatic heterocycles. The number of anilines is 1. The van der Waals surface area contributed by atoms with Crippen LogP contribution in [0.4, 0.5) is 5.69 Å². The van der Waals surface area contributed by atoms with Crippen molar-refractivity contribution >= 4 is 17.5 Å². The van der Waals surface area contributed by atoms with Gasteiger partial charge in [0.1, 0.15) is 13.2 Å². The van der Waals surface area contributed by atoms with Crippen LogP contribution in [0.15, 0.2) is 18.2 Å². The first-order valence-electron chi connectivity index (χ1n) is 10.6. The van der Waals surface area contributed by atoms with Crippen molar-refractivity contribution in [2.24, 2.45) is 0 Å². The number of benzene rings is 1. The van der Waals surface area contributed by atoms with E-state index in [0.717, 1.165) is 70.1 Å². The molecule has 158 valence electrons. The summed E-state index contributed by atoms with van der Waals surface area (Å²) in [5, 5.41) is 2.94. The number of amides is 2. The molecule has 0 spiro atoms. The molecule has 2 fully saturated rings. The van der Waals surface area contributed by atoms with Gasteiger partial charge in [-0.3, -0.25) is 14.5 Å². The van der Waals surface area contributed by atoms with Crippen molar-refractivity contribution in [1.82, 2.24) is 14.7 Å². The van der Waals surface area contributed by atoms with Gasteiger partial charge < -0.3 is 24.6 Å². The zero-order valence-corrected chi connectivity index (χ0v) is 16.9. The molecule has 0 atom stereocenters. The van der Waals surface area contributed by atoms with E-state index in [0.29, 0.717) is 31.9 Å². The number of ether oxygens (including phenoxy) is 2. The van der Waals surface area contributed by atoms with Gasteiger partial charge in [0.25, 0.3) is 0 Å². The number of carbonyl (C=O) groups excluding carboxylic acids is 2. The van der Waals surface area contributed by atoms with Crippen LogP contribution in [0.2, 0.25) is 0 Å². The number of piperazine rings is 1. The van der Waals surface area contributed by atoms with E-state index < -0.39 is 0 Å². The summed E-state index contributed by atoms with van der Waals surface area (Å²) in [5.74, 6) is 1.65. The molecular weight excluding hydrogens is 372 g/mol. The maximum atomic E-state index is 12.3. The van der Waals surface area contributed by atoms with Gasteiger partial charge in [0, 0.05) is 64.0 Å². The van der Waals surface area contributed by atoms with E-state index in [1.54, 1.807) is 0 Å². The number of hydrogen-bond acceptors (Lipinski definition) is 6. The Morgan fingerprint density at radius 2 is 1.59 bits per heavy atom. The van der Waals surface area contributed by atoms with E-state index in [1.807, 2.05) is 23.1 Å². The number of rotatable bonds is 6. The SMILES string of the molecule is O=C(CCN1CCN(CC(=O)N2CCCC2)CC1)Nc1ccc2c(c1)OCCO2. The standard InChI is InChI=1S/C21H30N4O4/c26-20(22-17-3-4-18-19(15-17)29-14-13-28-18)5-8-23-9-11-24(12-10-23)16-21(27)25-6-1-2-7-25/h3-4,15H,1-2,5-14,16H2,(H,22,26). The van der Waals surface area contributed by atoms with Crippen LogP contribution in [0, 0.1) is 0 Å². The van der Waals surface area contributed by atoms with Crippen molar-refractivity contribution in [2.45, 2.75) is 19.3 Å². The lowest BCUT2D eigenvalue weighted by Crippen LogP contribution is -2.50. The number of likely N-dealkylation sites (tertiary alicyclic amines) is 1. The van der Waals surface area contributed by atoms with E-state index in [1.165, 1.54) is 0 Å². The fraction of sp³-hybridized carbons (Fsp3) is 0.619. The zero-order chi connectivity index (χ0) is 20.1. The second-order valence-corrected chi connectivity index (χ2v) is 7.86. The van der Waals surface area contributed by atoms with E-state index in [2.05, 4.69) is 15.1 Å². The molecule has 1 N–H and O–H groups in total. The van der Waals surface area contributed by atoms with E-state index >= 15 is 0 Å². The van der Waals surface area contributed by atoms with Crippen molar-refractivity contribution < 1.29 is 19.1 Å². The summed E-state index contributed by atoms with van der Waals surface area (Å²) in [6.45, 7) is 7.71. The van der Waals surface area contributed by atoms with Crippen LogP contribution in [-0.4, -0.2) is 92.1 Å². The minimum Gasteiger partial charge on any atom is -0.486 e. The molecule has 8 heteroatoms. The molecular formula is C21H30N4O4. The summed E-state index contributed by atoms with van der Waals surface area (Å²) in [5.41, 5.74) is 0.726. The predicted octanol–water partition coefficient (Wildman–Crippen LogP) is 1.03. The molecule has 4 rings (SSSR count). The number of nitrogens with one attached hydrogen (secondary N) is 1. The highest BCUT2D eigenvalue weighted by atomic mass is 16.6. The van der Waals surface area contributed by atoms with Crippen LogP contribution >= 0.6 is 0 Å². The quantitative estimate of drug-likeness (QED) is 0.766. The molecule has 3 heterocycles. The Hall–Kier alpha value is -2.32. The average Bonchev–Trinajstić information content (AvgIpc) is 3.28. The summed E-state index contributed by atoms with van der Waals surface area (Å²) in [6.07, 6.45) is 2.71. The summed E-state index contributed by atoms with van der Waals surface area (Å²) in [6, 6.07) is 5.47. The molecule has 0 bridgehead atoms. The molecule has 0 saturated carbocycles. The highest BCUT2D eigenvalue weighted by Gasteiger charge is 2.23. The van der Waals surface area contributed by atoms with Gasteiger partial charge in [0.2, 0.25) is 11.8 Å². The third kappa shape index (κ3) is 5.39. The summed E-state index contributed by atoms with van der Waals surface area (Å²) < 4.78 is 11.1. The molecule has 1 aromatic rings. The Bertz CT molecular complexity index is 727. The monoisotopic (exact) mass is 402 g/mol. The maximum absolute atomic E-state index is 12.3. The lowest BCUT2D eigenvalue weighted by atomic mass is 10.2. The van der Waals surface area contributed by atoms with Crippen LogP contribution in [0.1, 0.15) is 19.3 Å². The van der Waals surface area contributed by atoms with Gasteiger partial charge >= 0.3 is 0 Å². The van der Waals surface area contributed by atoms with Crippen molar-refractivity contribution in [3.05, 3.63) is 18.2 Å². The summed E-state index contributed by atoms with van der Waals surface area (Å²) >= 11 is 0. The lowest BCUT2D eigenvalue weighted by Gasteiger charge is -2.34.